The molecule has 1 atom stereocenters. The average molecular weight is 1990 g/mol. The van der Waals surface area contributed by atoms with Gasteiger partial charge in [0.25, 0.3) is 66.6 Å². The second-order valence-electron chi connectivity index (χ2n) is 34.3. The number of carbonyl (C=O) groups excluding carboxylic acids is 2. The maximum absolute atomic E-state index is 14.3. The number of nitrogens with zero attached hydrogens (tertiary/aromatic N) is 5. The first-order valence-electron chi connectivity index (χ1n) is 41.0. The maximum atomic E-state index is 14.3. The highest BCUT2D eigenvalue weighted by Gasteiger charge is 2.50. The largest absolute Gasteiger partial charge is 0.748 e. The van der Waals surface area contributed by atoms with Crippen molar-refractivity contribution in [3.8, 4) is 0 Å². The molecule has 0 saturated heterocycles. The Kier molecular flexibility index (Phi) is 29.8. The molecule has 0 saturated carbocycles. The van der Waals surface area contributed by atoms with Crippen molar-refractivity contribution in [2.45, 2.75) is 191 Å². The molecule has 0 aliphatic carbocycles. The number of hydrogen-bond donors (Lipinski definition) is 8. The number of unbranched alkanes of at least 4 members (excludes halogenated alkanes) is 4. The Morgan fingerprint density at radius 3 is 1.60 bits per heavy atom. The van der Waals surface area contributed by atoms with Gasteiger partial charge in [0.2, 0.25) is 17.3 Å². The Morgan fingerprint density at radius 1 is 0.496 bits per heavy atom. The van der Waals surface area contributed by atoms with E-state index in [0.717, 1.165) is 23.4 Å². The average Bonchev–Trinajstić information content (AvgIpc) is 1.57. The van der Waals surface area contributed by atoms with Gasteiger partial charge in [-0.2, -0.15) is 59.7 Å². The fourth-order valence-corrected chi connectivity index (χ4v) is 23.0. The van der Waals surface area contributed by atoms with Crippen LogP contribution in [0.3, 0.4) is 0 Å². The smallest absolute Gasteiger partial charge is 0.425 e. The molecule has 0 fully saturated rings. The molecule has 46 heteroatoms. The third kappa shape index (κ3) is 23.2. The molecule has 2 amide bonds. The first-order valence-corrected chi connectivity index (χ1v) is 54.0. The first-order chi connectivity index (χ1) is 60.5. The second-order valence-corrected chi connectivity index (χ2v) is 46.4. The Labute approximate surface area is 761 Å². The molecular weight excluding hydrogens is 1890 g/mol. The van der Waals surface area contributed by atoms with Crippen molar-refractivity contribution in [2.75, 3.05) is 59.8 Å². The molecule has 708 valence electrons. The lowest BCUT2D eigenvalue weighted by Crippen LogP contribution is -2.37. The van der Waals surface area contributed by atoms with Crippen molar-refractivity contribution in [3.63, 3.8) is 0 Å². The zero-order valence-corrected chi connectivity index (χ0v) is 79.2. The number of nitrogens with one attached hydrogen (secondary N) is 1. The minimum absolute atomic E-state index is 0.00782. The van der Waals surface area contributed by atoms with Gasteiger partial charge in [-0.25, -0.2) is 16.8 Å². The van der Waals surface area contributed by atoms with E-state index in [0.29, 0.717) is 118 Å². The van der Waals surface area contributed by atoms with Gasteiger partial charge in [0, 0.05) is 150 Å². The van der Waals surface area contributed by atoms with Gasteiger partial charge >= 0.3 is 16.6 Å². The van der Waals surface area contributed by atoms with Gasteiger partial charge in [-0.3, -0.25) is 41.7 Å². The Bertz CT molecular complexity index is 7210. The maximum Gasteiger partial charge on any atom is 0.425 e. The zero-order valence-electron chi connectivity index (χ0n) is 71.9. The van der Waals surface area contributed by atoms with E-state index in [4.69, 9.17) is 12.6 Å². The highest BCUT2D eigenvalue weighted by atomic mass is 32.3. The fourth-order valence-electron chi connectivity index (χ4n) is 18.4. The standard InChI is InChI=1S/C85H98N6O28S8.O3S/c1-82(2)65-45-54(25-31-67(65)89(39-17-43-121(99,100)101)73(82)19-14-20-74-83(3,4)66-50-59(124(108,109)110)29-33-68(66)88(74)37-13-9-11-24-78(93)94)52-86-81(95)57-46-56-35-41-87(53-64(56)71(47-57)126(114,115)116)77(92)23-10-8-12-38-90-69-34-30-61-63(49-60(125(111,112)113)51-72(61)127(117,118)119)79(69)84(5,6)75(90)21-15-22-76-85(7,36-16-42-120(96,97)98)80-62-48-58(123(105,106)107)28-26-55(62)27-32-70(80)91(76)40-18-44-122(102,103)104;1-4(2)3/h14-15,19-22,25-34,45-51H,8-13,16-18,23-24,35-44,52-53H2,1-7H3,(H8-2,86,93,94,95,96,97,98,99,100,101,102,103,104,105,106,107,108,109,110,111,112,113,114,115,116,117,118,119);. The summed E-state index contributed by atoms with van der Waals surface area (Å²) in [4.78, 5) is 41.8. The summed E-state index contributed by atoms with van der Waals surface area (Å²) in [5, 5.41) is 12.7. The van der Waals surface area contributed by atoms with Crippen LogP contribution in [0.1, 0.15) is 175 Å². The van der Waals surface area contributed by atoms with Crippen molar-refractivity contribution in [1.29, 1.82) is 0 Å². The van der Waals surface area contributed by atoms with Crippen molar-refractivity contribution >= 4 is 165 Å². The lowest BCUT2D eigenvalue weighted by Gasteiger charge is -2.31. The van der Waals surface area contributed by atoms with Crippen LogP contribution in [-0.2, 0) is 142 Å². The summed E-state index contributed by atoms with van der Waals surface area (Å²) >= 11 is 0. The molecule has 7 aromatic carbocycles. The van der Waals surface area contributed by atoms with E-state index < -0.39 is 168 Å². The van der Waals surface area contributed by atoms with E-state index in [1.807, 2.05) is 60.0 Å². The van der Waals surface area contributed by atoms with Gasteiger partial charge in [-0.1, -0.05) is 50.3 Å². The summed E-state index contributed by atoms with van der Waals surface area (Å²) in [6.45, 7) is 13.1. The Hall–Kier alpha value is -9.73. The lowest BCUT2D eigenvalue weighted by atomic mass is 9.75. The van der Waals surface area contributed by atoms with Crippen LogP contribution in [0, 0.1) is 0 Å². The molecule has 0 aromatic heterocycles. The number of amides is 2. The summed E-state index contributed by atoms with van der Waals surface area (Å²) in [7, 11) is -41.9. The molecule has 0 bridgehead atoms. The first kappa shape index (κ1) is 102. The predicted octanol–water partition coefficient (Wildman–Crippen LogP) is 9.69. The van der Waals surface area contributed by atoms with Crippen molar-refractivity contribution in [3.05, 3.63) is 195 Å². The van der Waals surface area contributed by atoms with Gasteiger partial charge in [0.1, 0.15) is 18.0 Å². The normalized spacial score (nSPS) is 18.0. The molecule has 0 spiro atoms. The van der Waals surface area contributed by atoms with E-state index >= 15 is 0 Å². The van der Waals surface area contributed by atoms with Crippen LogP contribution in [0.5, 0.6) is 0 Å². The number of aliphatic carboxylic acids is 1. The number of anilines is 2. The number of carbonyl (C=O) groups is 3. The monoisotopic (exact) mass is 1990 g/mol. The zero-order chi connectivity index (χ0) is 96.9. The summed E-state index contributed by atoms with van der Waals surface area (Å²) in [6, 6.07) is 24.0. The van der Waals surface area contributed by atoms with Crippen molar-refractivity contribution < 1.29 is 145 Å². The number of hydrogen-bond acceptors (Lipinski definition) is 26. The fraction of sp³-hybridized carbons (Fsp3) is 0.400. The topological polar surface area (TPSA) is 591 Å². The van der Waals surface area contributed by atoms with E-state index in [1.165, 1.54) is 47.4 Å². The summed E-state index contributed by atoms with van der Waals surface area (Å²) < 4.78 is 316. The highest BCUT2D eigenvalue weighted by molar-refractivity contribution is 7.87. The predicted molar refractivity (Wildman–Crippen MR) is 480 cm³/mol. The number of carboxylic acids is 1. The molecule has 37 nitrogen and oxygen atoms in total. The van der Waals surface area contributed by atoms with Crippen molar-refractivity contribution in [2.24, 2.45) is 0 Å². The number of benzene rings is 7. The van der Waals surface area contributed by atoms with Gasteiger partial charge in [-0.15, -0.1) is 12.6 Å². The van der Waals surface area contributed by atoms with Crippen molar-refractivity contribution in [1.82, 2.24) is 10.2 Å². The van der Waals surface area contributed by atoms with E-state index in [9.17, 15) is 123 Å². The Morgan fingerprint density at radius 2 is 1.02 bits per heavy atom. The molecule has 5 heterocycles. The molecule has 5 aliphatic heterocycles. The third-order valence-electron chi connectivity index (χ3n) is 24.4. The third-order valence-corrected chi connectivity index (χ3v) is 31.1. The molecule has 8 N–H and O–H groups in total. The van der Waals surface area contributed by atoms with Crippen LogP contribution in [0.15, 0.2) is 175 Å². The van der Waals surface area contributed by atoms with Gasteiger partial charge in [0.15, 0.2) is 11.4 Å². The number of allylic oxidation sites excluding steroid dienone is 8. The SMILES string of the molecule is CC1(C)C(=CC=CC2=[N+](CCCCCC(=O)O)c3ccc(S(=O)(=O)O)cc3C2(C)C)N(CCCS(=O)(=O)[O-])c2ccc(CNC(=O)c3cc4c(c(S(=O)(=O)O)c3)CN(C(=O)CCCCC[N+]3=C(C=CC=C5N(CCCS(=O)(=O)[O-])c6ccc7ccc(S(=O)(=O)O)cc7c6C5(C)CCCS(=O)(=O)O)C(C)(C)c5c3ccc3c(S(=O)(=O)O)cc(S(=O)(=O)O)cc53)CC4)cc21.O=S(=O)=O. The number of rotatable bonds is 36. The summed E-state index contributed by atoms with van der Waals surface area (Å²) in [5.74, 6) is -4.24. The Balaban J connectivity index is 0.00000406. The number of carboxylic acid groups (broad SMARTS) is 1. The molecule has 1 unspecified atom stereocenters. The quantitative estimate of drug-likeness (QED) is 0.0103. The molecule has 7 aromatic rings. The summed E-state index contributed by atoms with van der Waals surface area (Å²) in [6.07, 6.45) is 12.3. The second kappa shape index (κ2) is 38.3. The van der Waals surface area contributed by atoms with Crippen LogP contribution >= 0.6 is 0 Å². The molecular formula is C85H98N6O31S9. The van der Waals surface area contributed by atoms with E-state index in [1.54, 1.807) is 86.4 Å². The van der Waals surface area contributed by atoms with Crippen LogP contribution in [0.2, 0.25) is 0 Å². The van der Waals surface area contributed by atoms with Gasteiger partial charge in [0.05, 0.1) is 56.4 Å². The highest BCUT2D eigenvalue weighted by Crippen LogP contribution is 2.55. The van der Waals surface area contributed by atoms with Gasteiger partial charge < -0.3 is 34.2 Å². The van der Waals surface area contributed by atoms with Crippen LogP contribution in [-0.4, -0.2) is 215 Å². The molecule has 5 aliphatic rings. The molecule has 131 heavy (non-hydrogen) atoms. The lowest BCUT2D eigenvalue weighted by molar-refractivity contribution is -0.438. The van der Waals surface area contributed by atoms with E-state index in [-0.39, 0.29) is 123 Å². The van der Waals surface area contributed by atoms with Crippen LogP contribution in [0.4, 0.5) is 22.7 Å². The minimum atomic E-state index is -5.19. The van der Waals surface area contributed by atoms with Gasteiger partial charge in [-0.05, 0) is 215 Å². The van der Waals surface area contributed by atoms with Crippen LogP contribution < -0.4 is 15.1 Å². The van der Waals surface area contributed by atoms with E-state index in [2.05, 4.69) is 5.32 Å². The summed E-state index contributed by atoms with van der Waals surface area (Å²) in [5.41, 5.74) is 3.16. The molecule has 12 rings (SSSR count). The van der Waals surface area contributed by atoms with Crippen LogP contribution in [0.25, 0.3) is 21.5 Å². The molecule has 0 radical (unpaired) electrons. The minimum Gasteiger partial charge on any atom is -0.748 e. The number of fused-ring (bicyclic) bond motifs is 9.